The van der Waals surface area contributed by atoms with Gasteiger partial charge in [-0.25, -0.2) is 14.6 Å². The molecule has 3 heterocycles. The van der Waals surface area contributed by atoms with Gasteiger partial charge < -0.3 is 5.73 Å². The number of rotatable bonds is 2. The average Bonchev–Trinajstić information content (AvgIpc) is 3.07. The summed E-state index contributed by atoms with van der Waals surface area (Å²) in [6, 6.07) is 0. The quantitative estimate of drug-likeness (QED) is 0.681. The molecular weight excluding hydrogens is 266 g/mol. The van der Waals surface area contributed by atoms with Crippen LogP contribution in [0.1, 0.15) is 12.6 Å². The molecule has 0 aromatic carbocycles. The van der Waals surface area contributed by atoms with Crippen LogP contribution in [0.4, 0.5) is 5.82 Å². The summed E-state index contributed by atoms with van der Waals surface area (Å²) in [5.74, 6) is 0.396. The zero-order valence-corrected chi connectivity index (χ0v) is 11.8. The largest absolute Gasteiger partial charge is 0.383 e. The van der Waals surface area contributed by atoms with Crippen LogP contribution in [0.3, 0.4) is 0 Å². The van der Waals surface area contributed by atoms with E-state index in [2.05, 4.69) is 31.8 Å². The highest BCUT2D eigenvalue weighted by Gasteiger charge is 2.16. The third-order valence-electron chi connectivity index (χ3n) is 3.36. The van der Waals surface area contributed by atoms with Gasteiger partial charge in [-0.2, -0.15) is 10.2 Å². The van der Waals surface area contributed by atoms with Gasteiger partial charge in [0.2, 0.25) is 0 Å². The number of nitrogen functional groups attached to an aromatic ring is 1. The van der Waals surface area contributed by atoms with Crippen LogP contribution in [-0.2, 0) is 7.05 Å². The Balaban J connectivity index is 2.50. The van der Waals surface area contributed by atoms with Gasteiger partial charge in [0, 0.05) is 17.8 Å². The predicted octanol–water partition coefficient (Wildman–Crippen LogP) is -0.146. The maximum Gasteiger partial charge on any atom is 0.163 e. The normalized spacial score (nSPS) is 13.7. The van der Waals surface area contributed by atoms with Gasteiger partial charge in [0.25, 0.3) is 0 Å². The number of hydrogen-bond acceptors (Lipinski definition) is 5. The first-order valence-electron chi connectivity index (χ1n) is 6.43. The average molecular weight is 281 g/mol. The summed E-state index contributed by atoms with van der Waals surface area (Å²) in [5.41, 5.74) is 8.22. The number of nitrogens with zero attached hydrogens (tertiary/aromatic N) is 5. The summed E-state index contributed by atoms with van der Waals surface area (Å²) in [6.45, 7) is 5.83. The Bertz CT molecular complexity index is 946. The number of hydrogen-bond donors (Lipinski definition) is 2. The Morgan fingerprint density at radius 1 is 1.43 bits per heavy atom. The number of anilines is 1. The van der Waals surface area contributed by atoms with Crippen molar-refractivity contribution in [3.05, 3.63) is 41.4 Å². The molecule has 0 spiro atoms. The summed E-state index contributed by atoms with van der Waals surface area (Å²) in [4.78, 5) is 8.29. The van der Waals surface area contributed by atoms with Gasteiger partial charge in [-0.15, -0.1) is 0 Å². The zero-order valence-electron chi connectivity index (χ0n) is 11.8. The summed E-state index contributed by atoms with van der Waals surface area (Å²) in [7, 11) is 1.82. The van der Waals surface area contributed by atoms with Crippen LogP contribution in [0.5, 0.6) is 0 Å². The van der Waals surface area contributed by atoms with Crippen LogP contribution in [0, 0.1) is 0 Å². The lowest BCUT2D eigenvalue weighted by Gasteiger charge is -1.99. The molecule has 0 radical (unpaired) electrons. The first-order chi connectivity index (χ1) is 10.2. The standard InChI is InChI=1S/C14H15N7/c1-4-8(9-6-18-19-10(9)5-2)12-11-13(15)16-7-17-14(11)21(3)20-12/h4-7,19H,1H2,2-3H3,(H2,15,16,17)/b9-8+,10-5+. The van der Waals surface area contributed by atoms with Crippen LogP contribution in [0.15, 0.2) is 25.2 Å². The fraction of sp³-hybridized carbons (Fsp3) is 0.143. The molecule has 0 saturated carbocycles. The Morgan fingerprint density at radius 2 is 2.24 bits per heavy atom. The van der Waals surface area contributed by atoms with E-state index in [4.69, 9.17) is 5.73 Å². The number of aromatic nitrogens is 6. The van der Waals surface area contributed by atoms with Crippen molar-refractivity contribution < 1.29 is 0 Å². The third kappa shape index (κ3) is 1.90. The fourth-order valence-electron chi connectivity index (χ4n) is 2.36. The summed E-state index contributed by atoms with van der Waals surface area (Å²) < 4.78 is 1.68. The first kappa shape index (κ1) is 13.0. The number of aryl methyl sites for hydroxylation is 1. The second-order valence-corrected chi connectivity index (χ2v) is 4.53. The highest BCUT2D eigenvalue weighted by molar-refractivity contribution is 5.97. The molecule has 0 fully saturated rings. The molecule has 21 heavy (non-hydrogen) atoms. The number of nitrogens with two attached hydrogens (primary N) is 1. The Labute approximate surface area is 120 Å². The molecule has 3 rings (SSSR count). The molecule has 7 heteroatoms. The minimum atomic E-state index is 0.396. The molecule has 0 bridgehead atoms. The topological polar surface area (TPSA) is 98.3 Å². The molecule has 7 nitrogen and oxygen atoms in total. The van der Waals surface area contributed by atoms with E-state index in [0.717, 1.165) is 21.5 Å². The molecule has 106 valence electrons. The summed E-state index contributed by atoms with van der Waals surface area (Å²) >= 11 is 0. The minimum absolute atomic E-state index is 0.396. The molecule has 0 aliphatic rings. The molecule has 3 aromatic rings. The Morgan fingerprint density at radius 3 is 2.95 bits per heavy atom. The number of nitrogens with one attached hydrogen (secondary N) is 1. The van der Waals surface area contributed by atoms with Crippen molar-refractivity contribution in [2.45, 2.75) is 6.92 Å². The maximum atomic E-state index is 6.00. The second kappa shape index (κ2) is 4.86. The van der Waals surface area contributed by atoms with Crippen molar-refractivity contribution in [1.82, 2.24) is 29.9 Å². The number of fused-ring (bicyclic) bond motifs is 1. The monoisotopic (exact) mass is 281 g/mol. The van der Waals surface area contributed by atoms with E-state index in [0.29, 0.717) is 17.2 Å². The molecular formula is C14H15N7. The van der Waals surface area contributed by atoms with Crippen molar-refractivity contribution in [3.8, 4) is 0 Å². The molecule has 0 saturated heterocycles. The molecule has 0 aliphatic heterocycles. The molecule has 3 aromatic heterocycles. The van der Waals surface area contributed by atoms with Crippen LogP contribution in [-0.4, -0.2) is 29.9 Å². The van der Waals surface area contributed by atoms with Gasteiger partial charge in [0.15, 0.2) is 5.65 Å². The second-order valence-electron chi connectivity index (χ2n) is 4.53. The maximum absolute atomic E-state index is 6.00. The minimum Gasteiger partial charge on any atom is -0.383 e. The van der Waals surface area contributed by atoms with Crippen molar-refractivity contribution in [3.63, 3.8) is 0 Å². The molecule has 3 N–H and O–H groups in total. The van der Waals surface area contributed by atoms with Crippen LogP contribution >= 0.6 is 0 Å². The van der Waals surface area contributed by atoms with Crippen LogP contribution in [0.25, 0.3) is 22.7 Å². The lowest BCUT2D eigenvalue weighted by atomic mass is 10.1. The Hall–Kier alpha value is -2.96. The molecule has 0 aliphatic carbocycles. The summed E-state index contributed by atoms with van der Waals surface area (Å²) in [6.07, 6.45) is 6.86. The Kier molecular flexibility index (Phi) is 3.02. The van der Waals surface area contributed by atoms with Gasteiger partial charge in [-0.05, 0) is 6.92 Å². The van der Waals surface area contributed by atoms with E-state index in [1.807, 2.05) is 20.0 Å². The van der Waals surface area contributed by atoms with E-state index in [1.165, 1.54) is 6.33 Å². The van der Waals surface area contributed by atoms with Gasteiger partial charge in [0.1, 0.15) is 17.8 Å². The van der Waals surface area contributed by atoms with E-state index < -0.39 is 0 Å². The highest BCUT2D eigenvalue weighted by Crippen LogP contribution is 2.25. The lowest BCUT2D eigenvalue weighted by Crippen LogP contribution is -2.24. The summed E-state index contributed by atoms with van der Waals surface area (Å²) in [5, 5.41) is 14.1. The number of aromatic amines is 1. The lowest BCUT2D eigenvalue weighted by molar-refractivity contribution is 0.780. The first-order valence-corrected chi connectivity index (χ1v) is 6.43. The number of allylic oxidation sites excluding steroid dienone is 1. The SMILES string of the molecule is C=C/C(c1nn(C)c2ncnc(N)c12)=c1/cn[nH]/c1=C/C. The van der Waals surface area contributed by atoms with Crippen molar-refractivity contribution in [1.29, 1.82) is 0 Å². The van der Waals surface area contributed by atoms with Gasteiger partial charge in [0.05, 0.1) is 16.9 Å². The third-order valence-corrected chi connectivity index (χ3v) is 3.36. The van der Waals surface area contributed by atoms with Crippen molar-refractivity contribution >= 4 is 28.5 Å². The van der Waals surface area contributed by atoms with Crippen molar-refractivity contribution in [2.24, 2.45) is 7.05 Å². The van der Waals surface area contributed by atoms with Crippen LogP contribution < -0.4 is 16.3 Å². The van der Waals surface area contributed by atoms with Crippen LogP contribution in [0.2, 0.25) is 0 Å². The smallest absolute Gasteiger partial charge is 0.163 e. The van der Waals surface area contributed by atoms with E-state index >= 15 is 0 Å². The van der Waals surface area contributed by atoms with Crippen molar-refractivity contribution in [2.75, 3.05) is 5.73 Å². The van der Waals surface area contributed by atoms with Gasteiger partial charge in [-0.3, -0.25) is 5.10 Å². The predicted molar refractivity (Wildman–Crippen MR) is 81.4 cm³/mol. The van der Waals surface area contributed by atoms with Gasteiger partial charge in [-0.1, -0.05) is 18.7 Å². The molecule has 0 atom stereocenters. The molecule has 0 amide bonds. The zero-order chi connectivity index (χ0) is 15.0. The van der Waals surface area contributed by atoms with Gasteiger partial charge >= 0.3 is 0 Å². The van der Waals surface area contributed by atoms with E-state index in [1.54, 1.807) is 17.0 Å². The van der Waals surface area contributed by atoms with E-state index in [9.17, 15) is 0 Å². The molecule has 0 unspecified atom stereocenters. The number of H-pyrrole nitrogens is 1. The fourth-order valence-corrected chi connectivity index (χ4v) is 2.36. The van der Waals surface area contributed by atoms with E-state index in [-0.39, 0.29) is 0 Å². The highest BCUT2D eigenvalue weighted by atomic mass is 15.3.